The Balaban J connectivity index is 1.52. The normalized spacial score (nSPS) is 23.3. The Kier molecular flexibility index (Phi) is 5.74. The maximum Gasteiger partial charge on any atom is 0.223 e. The van der Waals surface area contributed by atoms with Gasteiger partial charge in [0.1, 0.15) is 0 Å². The summed E-state index contributed by atoms with van der Waals surface area (Å²) >= 11 is 0. The van der Waals surface area contributed by atoms with E-state index in [0.29, 0.717) is 13.1 Å². The van der Waals surface area contributed by atoms with Crippen LogP contribution in [0.5, 0.6) is 0 Å². The Morgan fingerprint density at radius 2 is 1.92 bits per heavy atom. The van der Waals surface area contributed by atoms with E-state index < -0.39 is 0 Å². The van der Waals surface area contributed by atoms with Gasteiger partial charge in [0.15, 0.2) is 0 Å². The van der Waals surface area contributed by atoms with E-state index in [1.54, 1.807) is 0 Å². The average molecular weight is 341 g/mol. The molecule has 25 heavy (non-hydrogen) atoms. The van der Waals surface area contributed by atoms with Crippen LogP contribution in [-0.2, 0) is 16.1 Å². The number of primary amides is 1. The van der Waals surface area contributed by atoms with Crippen LogP contribution >= 0.6 is 0 Å². The van der Waals surface area contributed by atoms with Crippen LogP contribution in [0.3, 0.4) is 0 Å². The molecule has 1 aromatic rings. The highest BCUT2D eigenvalue weighted by molar-refractivity contribution is 5.79. The molecule has 1 heterocycles. The lowest BCUT2D eigenvalue weighted by Gasteiger charge is -2.33. The van der Waals surface area contributed by atoms with Gasteiger partial charge in [0, 0.05) is 31.2 Å². The summed E-state index contributed by atoms with van der Waals surface area (Å²) in [6, 6.07) is 8.22. The minimum atomic E-state index is -0.207. The number of hydrogen-bond donors (Lipinski definition) is 2. The van der Waals surface area contributed by atoms with Crippen LogP contribution in [0.15, 0.2) is 36.4 Å². The second kappa shape index (κ2) is 8.19. The van der Waals surface area contributed by atoms with Crippen LogP contribution < -0.4 is 16.0 Å². The average Bonchev–Trinajstić information content (AvgIpc) is 2.67. The van der Waals surface area contributed by atoms with Crippen LogP contribution in [0.1, 0.15) is 37.7 Å². The number of carbonyl (C=O) groups excluding carboxylic acids is 2. The zero-order valence-corrected chi connectivity index (χ0v) is 14.6. The highest BCUT2D eigenvalue weighted by atomic mass is 16.2. The first kappa shape index (κ1) is 17.5. The van der Waals surface area contributed by atoms with Gasteiger partial charge in [-0.1, -0.05) is 24.3 Å². The standard InChI is InChI=1S/C20H27N3O2/c21-19(24)17-7-4-12-23(14-17)18-10-8-15(9-11-18)13-22-20(25)16-5-2-1-3-6-16/h1-2,8-11,16-17H,3-7,12-14H2,(H2,21,24)(H,22,25)/t16-,17+/m0/s1. The summed E-state index contributed by atoms with van der Waals surface area (Å²) in [7, 11) is 0. The number of allylic oxidation sites excluding steroid dienone is 2. The molecular weight excluding hydrogens is 314 g/mol. The lowest BCUT2D eigenvalue weighted by molar-refractivity contribution is -0.125. The molecule has 0 spiro atoms. The quantitative estimate of drug-likeness (QED) is 0.807. The van der Waals surface area contributed by atoms with Gasteiger partial charge in [0.25, 0.3) is 0 Å². The topological polar surface area (TPSA) is 75.4 Å². The van der Waals surface area contributed by atoms with Crippen LogP contribution in [0, 0.1) is 11.8 Å². The monoisotopic (exact) mass is 341 g/mol. The fraction of sp³-hybridized carbons (Fsp3) is 0.500. The lowest BCUT2D eigenvalue weighted by Crippen LogP contribution is -2.41. The van der Waals surface area contributed by atoms with Gasteiger partial charge in [0.05, 0.1) is 5.92 Å². The largest absolute Gasteiger partial charge is 0.371 e. The molecule has 2 aliphatic rings. The number of nitrogens with one attached hydrogen (secondary N) is 1. The maximum absolute atomic E-state index is 12.2. The molecule has 1 fully saturated rings. The molecule has 1 aromatic carbocycles. The third-order valence-electron chi connectivity index (χ3n) is 5.23. The number of piperidine rings is 1. The van der Waals surface area contributed by atoms with Gasteiger partial charge in [0.2, 0.25) is 11.8 Å². The van der Waals surface area contributed by atoms with Crippen LogP contribution in [0.25, 0.3) is 0 Å². The van der Waals surface area contributed by atoms with Crippen molar-refractivity contribution in [1.29, 1.82) is 0 Å². The summed E-state index contributed by atoms with van der Waals surface area (Å²) in [4.78, 5) is 25.8. The number of carbonyl (C=O) groups is 2. The predicted octanol–water partition coefficient (Wildman–Crippen LogP) is 2.36. The van der Waals surface area contributed by atoms with E-state index in [-0.39, 0.29) is 23.7 Å². The number of rotatable bonds is 5. The maximum atomic E-state index is 12.2. The molecule has 1 saturated heterocycles. The summed E-state index contributed by atoms with van der Waals surface area (Å²) in [6.45, 7) is 2.21. The van der Waals surface area contributed by atoms with Gasteiger partial charge in [-0.2, -0.15) is 0 Å². The molecule has 2 atom stereocenters. The summed E-state index contributed by atoms with van der Waals surface area (Å²) in [5.41, 5.74) is 7.65. The number of amides is 2. The van der Waals surface area contributed by atoms with Crippen molar-refractivity contribution in [3.63, 3.8) is 0 Å². The van der Waals surface area contributed by atoms with E-state index >= 15 is 0 Å². The summed E-state index contributed by atoms with van der Waals surface area (Å²) in [6.07, 6.45) is 8.90. The smallest absolute Gasteiger partial charge is 0.223 e. The predicted molar refractivity (Wildman–Crippen MR) is 98.9 cm³/mol. The van der Waals surface area contributed by atoms with E-state index in [9.17, 15) is 9.59 Å². The van der Waals surface area contributed by atoms with Crippen molar-refractivity contribution in [2.24, 2.45) is 17.6 Å². The molecule has 1 aliphatic carbocycles. The minimum Gasteiger partial charge on any atom is -0.371 e. The highest BCUT2D eigenvalue weighted by Crippen LogP contribution is 2.23. The Hall–Kier alpha value is -2.30. The summed E-state index contributed by atoms with van der Waals surface area (Å²) < 4.78 is 0. The molecule has 3 rings (SSSR count). The highest BCUT2D eigenvalue weighted by Gasteiger charge is 2.24. The van der Waals surface area contributed by atoms with Gasteiger partial charge in [-0.15, -0.1) is 0 Å². The van der Waals surface area contributed by atoms with Gasteiger partial charge in [-0.05, 0) is 49.8 Å². The molecule has 0 saturated carbocycles. The fourth-order valence-corrected chi connectivity index (χ4v) is 3.63. The molecular formula is C20H27N3O2. The summed E-state index contributed by atoms with van der Waals surface area (Å²) in [5, 5.41) is 3.04. The van der Waals surface area contributed by atoms with Crippen molar-refractivity contribution in [3.05, 3.63) is 42.0 Å². The van der Waals surface area contributed by atoms with Gasteiger partial charge in [-0.3, -0.25) is 9.59 Å². The van der Waals surface area contributed by atoms with Crippen molar-refractivity contribution in [3.8, 4) is 0 Å². The van der Waals surface area contributed by atoms with E-state index in [4.69, 9.17) is 5.73 Å². The SMILES string of the molecule is NC(=O)[C@@H]1CCCN(c2ccc(CNC(=O)[C@H]3CC=CCC3)cc2)C1. The third kappa shape index (κ3) is 4.62. The molecule has 134 valence electrons. The molecule has 5 nitrogen and oxygen atoms in total. The van der Waals surface area contributed by atoms with Gasteiger partial charge < -0.3 is 16.0 Å². The minimum absolute atomic E-state index is 0.0581. The second-order valence-electron chi connectivity index (χ2n) is 7.05. The van der Waals surface area contributed by atoms with Crippen molar-refractivity contribution in [1.82, 2.24) is 5.32 Å². The number of hydrogen-bond acceptors (Lipinski definition) is 3. The number of nitrogens with two attached hydrogens (primary N) is 1. The second-order valence-corrected chi connectivity index (χ2v) is 7.05. The van der Waals surface area contributed by atoms with E-state index in [1.807, 2.05) is 12.1 Å². The number of benzene rings is 1. The zero-order chi connectivity index (χ0) is 17.6. The zero-order valence-electron chi connectivity index (χ0n) is 14.6. The van der Waals surface area contributed by atoms with E-state index in [1.165, 1.54) is 0 Å². The molecule has 1 aliphatic heterocycles. The molecule has 0 unspecified atom stereocenters. The lowest BCUT2D eigenvalue weighted by atomic mass is 9.93. The Labute approximate surface area is 149 Å². The van der Waals surface area contributed by atoms with Crippen LogP contribution in [-0.4, -0.2) is 24.9 Å². The van der Waals surface area contributed by atoms with Crippen molar-refractivity contribution >= 4 is 17.5 Å². The first-order valence-corrected chi connectivity index (χ1v) is 9.19. The molecule has 3 N–H and O–H groups in total. The third-order valence-corrected chi connectivity index (χ3v) is 5.23. The van der Waals surface area contributed by atoms with Crippen molar-refractivity contribution < 1.29 is 9.59 Å². The van der Waals surface area contributed by atoms with Crippen LogP contribution in [0.4, 0.5) is 5.69 Å². The van der Waals surface area contributed by atoms with E-state index in [2.05, 4.69) is 34.5 Å². The number of nitrogens with zero attached hydrogens (tertiary/aromatic N) is 1. The fourth-order valence-electron chi connectivity index (χ4n) is 3.63. The molecule has 0 bridgehead atoms. The van der Waals surface area contributed by atoms with Crippen molar-refractivity contribution in [2.45, 2.75) is 38.6 Å². The van der Waals surface area contributed by atoms with Crippen molar-refractivity contribution in [2.75, 3.05) is 18.0 Å². The first-order chi connectivity index (χ1) is 12.1. The molecule has 0 aromatic heterocycles. The Morgan fingerprint density at radius 3 is 2.60 bits per heavy atom. The Bertz CT molecular complexity index is 639. The number of anilines is 1. The summed E-state index contributed by atoms with van der Waals surface area (Å²) in [5.74, 6) is -0.00374. The van der Waals surface area contributed by atoms with E-state index in [0.717, 1.165) is 49.9 Å². The van der Waals surface area contributed by atoms with Crippen LogP contribution in [0.2, 0.25) is 0 Å². The van der Waals surface area contributed by atoms with Gasteiger partial charge >= 0.3 is 0 Å². The molecule has 0 radical (unpaired) electrons. The Morgan fingerprint density at radius 1 is 1.12 bits per heavy atom. The molecule has 5 heteroatoms. The van der Waals surface area contributed by atoms with Gasteiger partial charge in [-0.25, -0.2) is 0 Å². The molecule has 2 amide bonds. The first-order valence-electron chi connectivity index (χ1n) is 9.19.